The van der Waals surface area contributed by atoms with E-state index in [-0.39, 0.29) is 31.0 Å². The van der Waals surface area contributed by atoms with Crippen LogP contribution >= 0.6 is 50.7 Å². The quantitative estimate of drug-likeness (QED) is 0.242. The molecule has 0 aliphatic carbocycles. The highest BCUT2D eigenvalue weighted by molar-refractivity contribution is 9.10. The van der Waals surface area contributed by atoms with E-state index in [4.69, 9.17) is 39.5 Å². The summed E-state index contributed by atoms with van der Waals surface area (Å²) < 4.78 is 6.57. The molecule has 0 spiro atoms. The summed E-state index contributed by atoms with van der Waals surface area (Å²) in [5.41, 5.74) is 1.58. The molecule has 3 aromatic carbocycles. The average Bonchev–Trinajstić information content (AvgIpc) is 2.87. The number of nitrogens with zero attached hydrogens (tertiary/aromatic N) is 1. The van der Waals surface area contributed by atoms with Gasteiger partial charge in [0.05, 0.1) is 5.02 Å². The minimum atomic E-state index is -0.806. The summed E-state index contributed by atoms with van der Waals surface area (Å²) in [5.74, 6) is -0.269. The van der Waals surface area contributed by atoms with Gasteiger partial charge in [-0.15, -0.1) is 0 Å². The number of benzene rings is 3. The normalized spacial score (nSPS) is 12.5. The van der Waals surface area contributed by atoms with E-state index in [0.29, 0.717) is 32.8 Å². The Morgan fingerprint density at radius 3 is 2.38 bits per heavy atom. The molecule has 1 N–H and O–H groups in total. The van der Waals surface area contributed by atoms with Gasteiger partial charge in [-0.05, 0) is 54.8 Å². The lowest BCUT2D eigenvalue weighted by Gasteiger charge is -2.32. The fourth-order valence-electron chi connectivity index (χ4n) is 3.64. The van der Waals surface area contributed by atoms with Gasteiger partial charge in [-0.1, -0.05) is 94.1 Å². The number of hydrogen-bond acceptors (Lipinski definition) is 3. The Labute approximate surface area is 241 Å². The molecule has 2 amide bonds. The van der Waals surface area contributed by atoms with Crippen LogP contribution < -0.4 is 10.1 Å². The molecular formula is C28H28BrCl3N2O3. The fourth-order valence-corrected chi connectivity index (χ4v) is 4.84. The summed E-state index contributed by atoms with van der Waals surface area (Å²) in [7, 11) is 0. The van der Waals surface area contributed by atoms with Crippen molar-refractivity contribution in [2.45, 2.75) is 45.3 Å². The van der Waals surface area contributed by atoms with Gasteiger partial charge in [0.1, 0.15) is 11.8 Å². The lowest BCUT2D eigenvalue weighted by Crippen LogP contribution is -2.53. The molecule has 2 unspecified atom stereocenters. The van der Waals surface area contributed by atoms with Gasteiger partial charge in [0.25, 0.3) is 5.91 Å². The van der Waals surface area contributed by atoms with Crippen molar-refractivity contribution < 1.29 is 14.3 Å². The minimum Gasteiger partial charge on any atom is -0.482 e. The second-order valence-corrected chi connectivity index (χ2v) is 10.8. The third-order valence-electron chi connectivity index (χ3n) is 5.87. The maximum Gasteiger partial charge on any atom is 0.261 e. The molecule has 0 aliphatic rings. The van der Waals surface area contributed by atoms with Crippen LogP contribution in [0.4, 0.5) is 0 Å². The molecule has 0 fully saturated rings. The predicted molar refractivity (Wildman–Crippen MR) is 153 cm³/mol. The Kier molecular flexibility index (Phi) is 11.1. The van der Waals surface area contributed by atoms with Crippen LogP contribution in [0.1, 0.15) is 31.4 Å². The van der Waals surface area contributed by atoms with Crippen LogP contribution in [0.2, 0.25) is 15.1 Å². The standard InChI is InChI=1S/C28H28BrCl3N2O3/c1-3-18(2)33-28(36)25(13-19-7-5-4-6-8-19)34(16-20-9-11-22(30)15-23(20)31)27(35)17-37-26-12-10-21(29)14-24(26)32/h4-12,14-15,18,25H,3,13,16-17H2,1-2H3,(H,33,36). The second kappa shape index (κ2) is 14.1. The van der Waals surface area contributed by atoms with Crippen LogP contribution in [0.25, 0.3) is 0 Å². The molecule has 0 heterocycles. The number of halogens is 4. The van der Waals surface area contributed by atoms with E-state index in [1.165, 1.54) is 4.90 Å². The van der Waals surface area contributed by atoms with Crippen LogP contribution in [-0.4, -0.2) is 35.4 Å². The van der Waals surface area contributed by atoms with Gasteiger partial charge < -0.3 is 15.0 Å². The van der Waals surface area contributed by atoms with Gasteiger partial charge in [0.15, 0.2) is 6.61 Å². The van der Waals surface area contributed by atoms with Gasteiger partial charge >= 0.3 is 0 Å². The summed E-state index contributed by atoms with van der Waals surface area (Å²) >= 11 is 22.2. The van der Waals surface area contributed by atoms with Crippen LogP contribution in [0.15, 0.2) is 71.2 Å². The number of rotatable bonds is 11. The SMILES string of the molecule is CCC(C)NC(=O)C(Cc1ccccc1)N(Cc1ccc(Cl)cc1Cl)C(=O)COc1ccc(Br)cc1Cl. The van der Waals surface area contributed by atoms with Crippen molar-refractivity contribution in [2.75, 3.05) is 6.61 Å². The number of ether oxygens (including phenoxy) is 1. The molecule has 3 aromatic rings. The lowest BCUT2D eigenvalue weighted by atomic mass is 10.0. The molecular weight excluding hydrogens is 599 g/mol. The molecule has 0 aliphatic heterocycles. The number of carbonyl (C=O) groups is 2. The maximum atomic E-state index is 13.7. The van der Waals surface area contributed by atoms with E-state index >= 15 is 0 Å². The molecule has 0 aromatic heterocycles. The van der Waals surface area contributed by atoms with Crippen molar-refractivity contribution in [1.29, 1.82) is 0 Å². The first-order valence-corrected chi connectivity index (χ1v) is 13.8. The first kappa shape index (κ1) is 29.3. The summed E-state index contributed by atoms with van der Waals surface area (Å²) in [5, 5.41) is 4.28. The van der Waals surface area contributed by atoms with E-state index in [1.807, 2.05) is 44.2 Å². The van der Waals surface area contributed by atoms with Crippen molar-refractivity contribution in [2.24, 2.45) is 0 Å². The predicted octanol–water partition coefficient (Wildman–Crippen LogP) is 7.34. The number of hydrogen-bond donors (Lipinski definition) is 1. The van der Waals surface area contributed by atoms with E-state index < -0.39 is 6.04 Å². The summed E-state index contributed by atoms with van der Waals surface area (Å²) in [6.07, 6.45) is 1.07. The molecule has 0 radical (unpaired) electrons. The molecule has 3 rings (SSSR count). The van der Waals surface area contributed by atoms with Crippen LogP contribution in [0.3, 0.4) is 0 Å². The summed E-state index contributed by atoms with van der Waals surface area (Å²) in [6.45, 7) is 3.70. The lowest BCUT2D eigenvalue weighted by molar-refractivity contribution is -0.143. The Bertz CT molecular complexity index is 1230. The zero-order valence-electron chi connectivity index (χ0n) is 20.5. The Morgan fingerprint density at radius 2 is 1.73 bits per heavy atom. The van der Waals surface area contributed by atoms with E-state index in [2.05, 4.69) is 21.2 Å². The molecule has 0 bridgehead atoms. The van der Waals surface area contributed by atoms with Gasteiger partial charge in [-0.25, -0.2) is 0 Å². The Balaban J connectivity index is 1.95. The van der Waals surface area contributed by atoms with E-state index in [0.717, 1.165) is 16.5 Å². The highest BCUT2D eigenvalue weighted by Gasteiger charge is 2.31. The number of amides is 2. The van der Waals surface area contributed by atoms with Crippen molar-refractivity contribution in [3.05, 3.63) is 97.4 Å². The highest BCUT2D eigenvalue weighted by atomic mass is 79.9. The smallest absolute Gasteiger partial charge is 0.261 e. The zero-order valence-corrected chi connectivity index (χ0v) is 24.4. The van der Waals surface area contributed by atoms with Crippen LogP contribution in [0, 0.1) is 0 Å². The third kappa shape index (κ3) is 8.64. The van der Waals surface area contributed by atoms with Gasteiger partial charge in [-0.3, -0.25) is 9.59 Å². The summed E-state index contributed by atoms with van der Waals surface area (Å²) in [6, 6.07) is 18.9. The summed E-state index contributed by atoms with van der Waals surface area (Å²) in [4.78, 5) is 28.7. The van der Waals surface area contributed by atoms with Gasteiger partial charge in [-0.2, -0.15) is 0 Å². The Hall–Kier alpha value is -2.25. The molecule has 0 saturated heterocycles. The first-order chi connectivity index (χ1) is 17.7. The molecule has 9 heteroatoms. The number of carbonyl (C=O) groups excluding carboxylic acids is 2. The number of nitrogens with one attached hydrogen (secondary N) is 1. The molecule has 0 saturated carbocycles. The molecule has 5 nitrogen and oxygen atoms in total. The van der Waals surface area contributed by atoms with E-state index in [1.54, 1.807) is 36.4 Å². The average molecular weight is 627 g/mol. The van der Waals surface area contributed by atoms with Crippen LogP contribution in [0.5, 0.6) is 5.75 Å². The van der Waals surface area contributed by atoms with Crippen molar-refractivity contribution in [1.82, 2.24) is 10.2 Å². The Morgan fingerprint density at radius 1 is 1.00 bits per heavy atom. The third-order valence-corrected chi connectivity index (χ3v) is 7.25. The molecule has 2 atom stereocenters. The fraction of sp³-hybridized carbons (Fsp3) is 0.286. The van der Waals surface area contributed by atoms with E-state index in [9.17, 15) is 9.59 Å². The second-order valence-electron chi connectivity index (χ2n) is 8.64. The van der Waals surface area contributed by atoms with Crippen molar-refractivity contribution >= 4 is 62.5 Å². The highest BCUT2D eigenvalue weighted by Crippen LogP contribution is 2.28. The van der Waals surface area contributed by atoms with Crippen molar-refractivity contribution in [3.63, 3.8) is 0 Å². The first-order valence-electron chi connectivity index (χ1n) is 11.8. The zero-order chi connectivity index (χ0) is 26.9. The largest absolute Gasteiger partial charge is 0.482 e. The molecule has 196 valence electrons. The van der Waals surface area contributed by atoms with Crippen molar-refractivity contribution in [3.8, 4) is 5.75 Å². The van der Waals surface area contributed by atoms with Crippen LogP contribution in [-0.2, 0) is 22.6 Å². The topological polar surface area (TPSA) is 58.6 Å². The maximum absolute atomic E-state index is 13.7. The molecule has 37 heavy (non-hydrogen) atoms. The van der Waals surface area contributed by atoms with Gasteiger partial charge in [0.2, 0.25) is 5.91 Å². The minimum absolute atomic E-state index is 0.0559. The van der Waals surface area contributed by atoms with Gasteiger partial charge in [0, 0.05) is 33.5 Å². The monoisotopic (exact) mass is 624 g/mol.